The van der Waals surface area contributed by atoms with Gasteiger partial charge in [0, 0.05) is 16.8 Å². The fourth-order valence-electron chi connectivity index (χ4n) is 4.98. The number of nitrogens with zero attached hydrogens (tertiary/aromatic N) is 2. The lowest BCUT2D eigenvalue weighted by atomic mass is 9.89. The molecule has 3 heteroatoms. The van der Waals surface area contributed by atoms with Crippen molar-refractivity contribution in [3.63, 3.8) is 0 Å². The highest BCUT2D eigenvalue weighted by atomic mass is 79.9. The van der Waals surface area contributed by atoms with E-state index in [2.05, 4.69) is 159 Å². The first kappa shape index (κ1) is 36.4. The average Bonchev–Trinajstić information content (AvgIpc) is 2.87. The molecular formula is C40H55BrN2. The van der Waals surface area contributed by atoms with Gasteiger partial charge in [-0.1, -0.05) is 102 Å². The minimum atomic E-state index is 0.355. The second-order valence-electron chi connectivity index (χ2n) is 14.4. The van der Waals surface area contributed by atoms with E-state index in [1.165, 1.54) is 56.6 Å². The topological polar surface area (TPSA) is 25.8 Å². The molecule has 0 bridgehead atoms. The van der Waals surface area contributed by atoms with Crippen LogP contribution in [0.15, 0.2) is 65.3 Å². The van der Waals surface area contributed by atoms with Crippen LogP contribution < -0.4 is 0 Å². The average molecular weight is 644 g/mol. The van der Waals surface area contributed by atoms with Gasteiger partial charge in [-0.2, -0.15) is 0 Å². The van der Waals surface area contributed by atoms with Crippen molar-refractivity contribution >= 4 is 15.9 Å². The van der Waals surface area contributed by atoms with E-state index >= 15 is 0 Å². The third-order valence-electron chi connectivity index (χ3n) is 7.58. The van der Waals surface area contributed by atoms with Gasteiger partial charge in [0.05, 0.1) is 11.4 Å². The van der Waals surface area contributed by atoms with E-state index in [4.69, 9.17) is 4.98 Å². The molecule has 0 atom stereocenters. The molecule has 4 rings (SSSR count). The number of hydrogen-bond donors (Lipinski definition) is 0. The maximum atomic E-state index is 4.90. The van der Waals surface area contributed by atoms with Gasteiger partial charge in [-0.3, -0.25) is 4.98 Å². The second-order valence-corrected chi connectivity index (χ2v) is 15.2. The van der Waals surface area contributed by atoms with E-state index in [0.29, 0.717) is 10.8 Å². The summed E-state index contributed by atoms with van der Waals surface area (Å²) in [6.45, 7) is 28.7. The Morgan fingerprint density at radius 1 is 0.581 bits per heavy atom. The largest absolute Gasteiger partial charge is 0.253 e. The maximum absolute atomic E-state index is 4.90. The number of halogens is 1. The zero-order chi connectivity index (χ0) is 32.5. The Morgan fingerprint density at radius 3 is 1.35 bits per heavy atom. The summed E-state index contributed by atoms with van der Waals surface area (Å²) in [5, 5.41) is 0. The molecule has 0 aliphatic carbocycles. The smallest absolute Gasteiger partial charge is 0.106 e. The van der Waals surface area contributed by atoms with Crippen molar-refractivity contribution in [2.45, 2.75) is 109 Å². The van der Waals surface area contributed by atoms with Crippen LogP contribution in [-0.2, 0) is 6.42 Å². The highest BCUT2D eigenvalue weighted by Gasteiger charge is 2.13. The quantitative estimate of drug-likeness (QED) is 0.207. The molecule has 0 amide bonds. The van der Waals surface area contributed by atoms with E-state index in [9.17, 15) is 0 Å². The van der Waals surface area contributed by atoms with Crippen LogP contribution in [0.25, 0.3) is 22.5 Å². The molecule has 4 aromatic rings. The molecule has 2 heterocycles. The van der Waals surface area contributed by atoms with Crippen LogP contribution in [0.2, 0.25) is 0 Å². The summed E-state index contributed by atoms with van der Waals surface area (Å²) < 4.78 is 0.879. The fourth-order valence-corrected chi connectivity index (χ4v) is 5.32. The molecular weight excluding hydrogens is 588 g/mol. The SMILES string of the molecule is CCC(C)(C)C.Cc1cc(C)c(-c2cccc(Br)n2)c(C)c1.Cc1cc(C)c(-c2cccc(CCC(C)(C)C)n2)c(C)c1. The number of pyridine rings is 2. The molecule has 0 saturated heterocycles. The molecule has 0 aliphatic rings. The first-order valence-electron chi connectivity index (χ1n) is 15.6. The van der Waals surface area contributed by atoms with Gasteiger partial charge in [-0.25, -0.2) is 4.98 Å². The molecule has 0 N–H and O–H groups in total. The third-order valence-corrected chi connectivity index (χ3v) is 8.02. The van der Waals surface area contributed by atoms with Gasteiger partial charge in [0.2, 0.25) is 0 Å². The number of aryl methyl sites for hydroxylation is 7. The summed E-state index contributed by atoms with van der Waals surface area (Å²) in [5.74, 6) is 0. The Bertz CT molecular complexity index is 1440. The molecule has 0 radical (unpaired) electrons. The van der Waals surface area contributed by atoms with Gasteiger partial charge in [0.1, 0.15) is 4.60 Å². The lowest BCUT2D eigenvalue weighted by Gasteiger charge is -2.18. The normalized spacial score (nSPS) is 11.3. The molecule has 0 spiro atoms. The highest BCUT2D eigenvalue weighted by Crippen LogP contribution is 2.29. The summed E-state index contributed by atoms with van der Waals surface area (Å²) >= 11 is 3.41. The van der Waals surface area contributed by atoms with E-state index in [1.807, 2.05) is 12.1 Å². The summed E-state index contributed by atoms with van der Waals surface area (Å²) in [4.78, 5) is 9.41. The Morgan fingerprint density at radius 2 is 0.977 bits per heavy atom. The van der Waals surface area contributed by atoms with E-state index in [-0.39, 0.29) is 0 Å². The van der Waals surface area contributed by atoms with Gasteiger partial charge >= 0.3 is 0 Å². The van der Waals surface area contributed by atoms with Crippen LogP contribution in [0.5, 0.6) is 0 Å². The van der Waals surface area contributed by atoms with Crippen molar-refractivity contribution in [2.75, 3.05) is 0 Å². The zero-order valence-electron chi connectivity index (χ0n) is 29.2. The minimum absolute atomic E-state index is 0.355. The van der Waals surface area contributed by atoms with Crippen LogP contribution >= 0.6 is 15.9 Å². The molecule has 2 aromatic heterocycles. The summed E-state index contributed by atoms with van der Waals surface area (Å²) in [7, 11) is 0. The van der Waals surface area contributed by atoms with Crippen LogP contribution in [0.4, 0.5) is 0 Å². The lowest BCUT2D eigenvalue weighted by molar-refractivity contribution is 0.376. The lowest BCUT2D eigenvalue weighted by Crippen LogP contribution is -2.07. The van der Waals surface area contributed by atoms with Crippen molar-refractivity contribution < 1.29 is 0 Å². The van der Waals surface area contributed by atoms with Gasteiger partial charge in [0.15, 0.2) is 0 Å². The summed E-state index contributed by atoms with van der Waals surface area (Å²) in [6.07, 6.45) is 3.48. The monoisotopic (exact) mass is 642 g/mol. The molecule has 2 nitrogen and oxygen atoms in total. The maximum Gasteiger partial charge on any atom is 0.106 e. The van der Waals surface area contributed by atoms with Crippen molar-refractivity contribution in [1.82, 2.24) is 9.97 Å². The minimum Gasteiger partial charge on any atom is -0.253 e. The first-order chi connectivity index (χ1) is 19.9. The van der Waals surface area contributed by atoms with Gasteiger partial charge in [-0.05, 0) is 128 Å². The Labute approximate surface area is 271 Å². The predicted molar refractivity (Wildman–Crippen MR) is 193 cm³/mol. The number of aromatic nitrogens is 2. The number of rotatable bonds is 4. The molecule has 43 heavy (non-hydrogen) atoms. The molecule has 0 aliphatic heterocycles. The Kier molecular flexibility index (Phi) is 13.4. The molecule has 0 fully saturated rings. The fraction of sp³-hybridized carbons (Fsp3) is 0.450. The molecule has 2 aromatic carbocycles. The van der Waals surface area contributed by atoms with Crippen molar-refractivity contribution in [3.05, 3.63) is 104 Å². The van der Waals surface area contributed by atoms with Crippen molar-refractivity contribution in [3.8, 4) is 22.5 Å². The second kappa shape index (κ2) is 15.8. The van der Waals surface area contributed by atoms with Crippen LogP contribution in [0.3, 0.4) is 0 Å². The standard InChI is InChI=1S/C20H27N.C14H14BrN.C6H14/c1-14-12-15(2)19(16(3)13-14)18-9-7-8-17(21-18)10-11-20(4,5)6;1-9-7-10(2)14(11(3)8-9)12-5-4-6-13(15)16-12;1-5-6(2,3)4/h7-9,12-13H,10-11H2,1-6H3;4-8H,1-3H3;5H2,1-4H3. The van der Waals surface area contributed by atoms with Crippen LogP contribution in [-0.4, -0.2) is 9.97 Å². The Balaban J connectivity index is 0.000000259. The Hall–Kier alpha value is -2.78. The van der Waals surface area contributed by atoms with E-state index < -0.39 is 0 Å². The van der Waals surface area contributed by atoms with E-state index in [0.717, 1.165) is 28.8 Å². The summed E-state index contributed by atoms with van der Waals surface area (Å²) in [6, 6.07) is 21.3. The predicted octanol–water partition coefficient (Wildman–Crippen LogP) is 12.5. The first-order valence-corrected chi connectivity index (χ1v) is 16.4. The van der Waals surface area contributed by atoms with Crippen molar-refractivity contribution in [2.24, 2.45) is 10.8 Å². The summed E-state index contributed by atoms with van der Waals surface area (Å²) in [5.41, 5.74) is 14.6. The van der Waals surface area contributed by atoms with Gasteiger partial charge < -0.3 is 0 Å². The third kappa shape index (κ3) is 12.4. The zero-order valence-corrected chi connectivity index (χ0v) is 30.8. The molecule has 232 valence electrons. The molecule has 0 unspecified atom stereocenters. The number of hydrogen-bond acceptors (Lipinski definition) is 2. The van der Waals surface area contributed by atoms with Crippen molar-refractivity contribution in [1.29, 1.82) is 0 Å². The highest BCUT2D eigenvalue weighted by molar-refractivity contribution is 9.10. The number of benzene rings is 2. The van der Waals surface area contributed by atoms with E-state index in [1.54, 1.807) is 0 Å². The van der Waals surface area contributed by atoms with Crippen LogP contribution in [0, 0.1) is 52.4 Å². The van der Waals surface area contributed by atoms with Gasteiger partial charge in [-0.15, -0.1) is 0 Å². The van der Waals surface area contributed by atoms with Crippen LogP contribution in [0.1, 0.15) is 100 Å². The van der Waals surface area contributed by atoms with Gasteiger partial charge in [0.25, 0.3) is 0 Å². The molecule has 0 saturated carbocycles.